The largest absolute Gasteiger partial charge is 0.329 e. The third-order valence-electron chi connectivity index (χ3n) is 4.92. The summed E-state index contributed by atoms with van der Waals surface area (Å²) in [6, 6.07) is 14.3. The van der Waals surface area contributed by atoms with E-state index in [4.69, 9.17) is 5.73 Å². The number of hydrogen-bond donors (Lipinski definition) is 2. The van der Waals surface area contributed by atoms with Crippen molar-refractivity contribution in [1.29, 1.82) is 0 Å². The van der Waals surface area contributed by atoms with Crippen LogP contribution in [-0.4, -0.2) is 12.6 Å². The molecule has 0 spiro atoms. The third-order valence-corrected chi connectivity index (χ3v) is 4.92. The molecular formula is C18H19FN2. The maximum atomic E-state index is 13.7. The van der Waals surface area contributed by atoms with Crippen molar-refractivity contribution in [3.8, 4) is 0 Å². The summed E-state index contributed by atoms with van der Waals surface area (Å²) >= 11 is 0. The molecular weight excluding hydrogens is 263 g/mol. The van der Waals surface area contributed by atoms with Gasteiger partial charge in [0.05, 0.1) is 0 Å². The Balaban J connectivity index is 1.90. The minimum absolute atomic E-state index is 0.156. The van der Waals surface area contributed by atoms with Crippen molar-refractivity contribution in [3.63, 3.8) is 0 Å². The van der Waals surface area contributed by atoms with Gasteiger partial charge in [-0.1, -0.05) is 30.3 Å². The van der Waals surface area contributed by atoms with E-state index in [0.717, 1.165) is 18.4 Å². The van der Waals surface area contributed by atoms with E-state index < -0.39 is 0 Å². The molecule has 4 rings (SSSR count). The normalized spacial score (nSPS) is 26.7. The van der Waals surface area contributed by atoms with Crippen LogP contribution < -0.4 is 11.1 Å². The van der Waals surface area contributed by atoms with Gasteiger partial charge in [0.1, 0.15) is 5.82 Å². The van der Waals surface area contributed by atoms with Gasteiger partial charge in [-0.25, -0.2) is 4.39 Å². The summed E-state index contributed by atoms with van der Waals surface area (Å²) in [5.41, 5.74) is 10.9. The Kier molecular flexibility index (Phi) is 3.05. The molecule has 1 saturated heterocycles. The van der Waals surface area contributed by atoms with Crippen LogP contribution in [0.25, 0.3) is 0 Å². The van der Waals surface area contributed by atoms with Crippen molar-refractivity contribution in [2.75, 3.05) is 6.54 Å². The first-order valence-electron chi connectivity index (χ1n) is 7.58. The van der Waals surface area contributed by atoms with Crippen LogP contribution in [0.5, 0.6) is 0 Å². The molecule has 2 aliphatic rings. The molecule has 1 unspecified atom stereocenters. The molecule has 0 saturated carbocycles. The zero-order valence-electron chi connectivity index (χ0n) is 11.9. The minimum Gasteiger partial charge on any atom is -0.329 e. The van der Waals surface area contributed by atoms with Gasteiger partial charge in [-0.05, 0) is 47.2 Å². The molecule has 1 fully saturated rings. The van der Waals surface area contributed by atoms with Crippen LogP contribution in [-0.2, 0) is 6.42 Å². The SMILES string of the molecule is NC[C@@H]1C[C@@H]2c3ccccc3Cc3ccc(F)cc3C2N1. The summed E-state index contributed by atoms with van der Waals surface area (Å²) in [4.78, 5) is 0. The Morgan fingerprint density at radius 1 is 1.10 bits per heavy atom. The van der Waals surface area contributed by atoms with Gasteiger partial charge in [-0.15, -0.1) is 0 Å². The maximum absolute atomic E-state index is 13.7. The van der Waals surface area contributed by atoms with Crippen molar-refractivity contribution in [1.82, 2.24) is 5.32 Å². The standard InChI is InChI=1S/C18H19FN2/c19-13-6-5-12-7-11-3-1-2-4-15(11)17-9-14(10-20)21-18(17)16(12)8-13/h1-6,8,14,17-18,21H,7,9-10,20H2/t14-,17+,18?/m0/s1. The number of nitrogens with two attached hydrogens (primary N) is 1. The van der Waals surface area contributed by atoms with Crippen molar-refractivity contribution in [3.05, 3.63) is 70.5 Å². The molecule has 0 aromatic heterocycles. The maximum Gasteiger partial charge on any atom is 0.123 e. The number of rotatable bonds is 1. The Hall–Kier alpha value is -1.71. The van der Waals surface area contributed by atoms with E-state index >= 15 is 0 Å². The van der Waals surface area contributed by atoms with E-state index in [9.17, 15) is 4.39 Å². The molecule has 2 aromatic rings. The molecule has 3 N–H and O–H groups in total. The topological polar surface area (TPSA) is 38.0 Å². The molecule has 0 amide bonds. The van der Waals surface area contributed by atoms with E-state index in [2.05, 4.69) is 29.6 Å². The number of hydrogen-bond acceptors (Lipinski definition) is 2. The molecule has 0 bridgehead atoms. The molecule has 3 heteroatoms. The van der Waals surface area contributed by atoms with Crippen molar-refractivity contribution in [2.45, 2.75) is 30.8 Å². The Morgan fingerprint density at radius 2 is 1.90 bits per heavy atom. The first-order valence-corrected chi connectivity index (χ1v) is 7.58. The van der Waals surface area contributed by atoms with E-state index in [1.807, 2.05) is 6.07 Å². The number of benzene rings is 2. The fourth-order valence-corrected chi connectivity index (χ4v) is 3.94. The van der Waals surface area contributed by atoms with Gasteiger partial charge in [0.15, 0.2) is 0 Å². The smallest absolute Gasteiger partial charge is 0.123 e. The van der Waals surface area contributed by atoms with E-state index in [-0.39, 0.29) is 11.9 Å². The highest BCUT2D eigenvalue weighted by molar-refractivity contribution is 5.46. The van der Waals surface area contributed by atoms with Gasteiger partial charge in [-0.2, -0.15) is 0 Å². The fourth-order valence-electron chi connectivity index (χ4n) is 3.94. The van der Waals surface area contributed by atoms with E-state index in [0.29, 0.717) is 18.5 Å². The van der Waals surface area contributed by atoms with E-state index in [1.165, 1.54) is 16.7 Å². The van der Waals surface area contributed by atoms with Gasteiger partial charge in [0, 0.05) is 24.5 Å². The van der Waals surface area contributed by atoms with Crippen LogP contribution in [0, 0.1) is 5.82 Å². The summed E-state index contributed by atoms with van der Waals surface area (Å²) < 4.78 is 13.7. The molecule has 2 nitrogen and oxygen atoms in total. The average molecular weight is 282 g/mol. The first-order chi connectivity index (χ1) is 10.3. The van der Waals surface area contributed by atoms with E-state index in [1.54, 1.807) is 12.1 Å². The zero-order valence-corrected chi connectivity index (χ0v) is 11.9. The second-order valence-electron chi connectivity index (χ2n) is 6.14. The monoisotopic (exact) mass is 282 g/mol. The fraction of sp³-hybridized carbons (Fsp3) is 0.333. The second kappa shape index (κ2) is 4.93. The lowest BCUT2D eigenvalue weighted by molar-refractivity contribution is 0.540. The lowest BCUT2D eigenvalue weighted by Gasteiger charge is -2.20. The van der Waals surface area contributed by atoms with Crippen LogP contribution in [0.1, 0.15) is 40.6 Å². The number of fused-ring (bicyclic) bond motifs is 5. The summed E-state index contributed by atoms with van der Waals surface area (Å²) in [5.74, 6) is 0.231. The van der Waals surface area contributed by atoms with Crippen LogP contribution in [0.3, 0.4) is 0 Å². The summed E-state index contributed by atoms with van der Waals surface area (Å²) in [5, 5.41) is 3.62. The van der Waals surface area contributed by atoms with Crippen molar-refractivity contribution >= 4 is 0 Å². The van der Waals surface area contributed by atoms with Crippen LogP contribution in [0.2, 0.25) is 0 Å². The summed E-state index contributed by atoms with van der Waals surface area (Å²) in [6.45, 7) is 0.625. The molecule has 0 radical (unpaired) electrons. The lowest BCUT2D eigenvalue weighted by Crippen LogP contribution is -2.31. The highest BCUT2D eigenvalue weighted by atomic mass is 19.1. The highest BCUT2D eigenvalue weighted by Gasteiger charge is 2.38. The predicted octanol–water partition coefficient (Wildman–Crippen LogP) is 2.88. The van der Waals surface area contributed by atoms with Crippen LogP contribution in [0.15, 0.2) is 42.5 Å². The van der Waals surface area contributed by atoms with Gasteiger partial charge in [0.25, 0.3) is 0 Å². The zero-order chi connectivity index (χ0) is 14.4. The van der Waals surface area contributed by atoms with Crippen LogP contribution in [0.4, 0.5) is 4.39 Å². The minimum atomic E-state index is -0.156. The quantitative estimate of drug-likeness (QED) is 0.844. The average Bonchev–Trinajstić information content (AvgIpc) is 2.89. The lowest BCUT2D eigenvalue weighted by atomic mass is 9.87. The number of nitrogens with one attached hydrogen (secondary N) is 1. The second-order valence-corrected chi connectivity index (χ2v) is 6.14. The van der Waals surface area contributed by atoms with Crippen molar-refractivity contribution in [2.24, 2.45) is 5.73 Å². The van der Waals surface area contributed by atoms with Crippen molar-refractivity contribution < 1.29 is 4.39 Å². The molecule has 3 atom stereocenters. The Bertz CT molecular complexity index is 683. The molecule has 2 aromatic carbocycles. The Labute approximate surface area is 124 Å². The predicted molar refractivity (Wildman–Crippen MR) is 81.7 cm³/mol. The molecule has 21 heavy (non-hydrogen) atoms. The molecule has 1 heterocycles. The summed E-state index contributed by atoms with van der Waals surface area (Å²) in [7, 11) is 0. The van der Waals surface area contributed by atoms with Gasteiger partial charge < -0.3 is 11.1 Å². The molecule has 108 valence electrons. The van der Waals surface area contributed by atoms with Gasteiger partial charge in [-0.3, -0.25) is 0 Å². The summed E-state index contributed by atoms with van der Waals surface area (Å²) in [6.07, 6.45) is 1.90. The first kappa shape index (κ1) is 13.0. The molecule has 1 aliphatic carbocycles. The van der Waals surface area contributed by atoms with Crippen LogP contribution >= 0.6 is 0 Å². The van der Waals surface area contributed by atoms with Gasteiger partial charge >= 0.3 is 0 Å². The molecule has 1 aliphatic heterocycles. The highest BCUT2D eigenvalue weighted by Crippen LogP contribution is 2.45. The Morgan fingerprint density at radius 3 is 2.76 bits per heavy atom. The van der Waals surface area contributed by atoms with Gasteiger partial charge in [0.2, 0.25) is 0 Å². The third kappa shape index (κ3) is 2.08. The number of halogens is 1.